The van der Waals surface area contributed by atoms with Crippen LogP contribution in [0.5, 0.6) is 5.75 Å². The zero-order valence-corrected chi connectivity index (χ0v) is 13.2. The number of rotatable bonds is 5. The standard InChI is InChI=1S/C18H15FO3S/c19-14-4-1-12(2-5-14)15(20)6-7-16(21)13-3-8-18-17(11-13)22-9-10-23-18/h1-5,8,11H,6-7,9-10H2. The second-order valence-corrected chi connectivity index (χ2v) is 6.35. The van der Waals surface area contributed by atoms with Gasteiger partial charge in [0.1, 0.15) is 11.6 Å². The third-order valence-corrected chi connectivity index (χ3v) is 4.63. The second-order valence-electron chi connectivity index (χ2n) is 5.21. The molecule has 3 nitrogen and oxygen atoms in total. The highest BCUT2D eigenvalue weighted by Crippen LogP contribution is 2.34. The number of hydrogen-bond donors (Lipinski definition) is 0. The van der Waals surface area contributed by atoms with Crippen molar-refractivity contribution in [2.24, 2.45) is 0 Å². The third-order valence-electron chi connectivity index (χ3n) is 3.61. The lowest BCUT2D eigenvalue weighted by Crippen LogP contribution is -2.09. The summed E-state index contributed by atoms with van der Waals surface area (Å²) in [5, 5.41) is 0. The van der Waals surface area contributed by atoms with E-state index in [1.165, 1.54) is 24.3 Å². The molecule has 1 aliphatic heterocycles. The lowest BCUT2D eigenvalue weighted by Gasteiger charge is -2.17. The van der Waals surface area contributed by atoms with Gasteiger partial charge in [0.2, 0.25) is 0 Å². The fraction of sp³-hybridized carbons (Fsp3) is 0.222. The number of fused-ring (bicyclic) bond motifs is 1. The molecule has 0 amide bonds. The van der Waals surface area contributed by atoms with Crippen molar-refractivity contribution in [2.45, 2.75) is 17.7 Å². The number of ketones is 2. The maximum atomic E-state index is 12.8. The van der Waals surface area contributed by atoms with Crippen molar-refractivity contribution in [3.8, 4) is 5.75 Å². The SMILES string of the molecule is O=C(CCC(=O)c1ccc2c(c1)OCCS2)c1ccc(F)cc1. The molecule has 23 heavy (non-hydrogen) atoms. The van der Waals surface area contributed by atoms with Crippen molar-refractivity contribution in [3.63, 3.8) is 0 Å². The van der Waals surface area contributed by atoms with Gasteiger partial charge in [-0.25, -0.2) is 4.39 Å². The summed E-state index contributed by atoms with van der Waals surface area (Å²) in [6.07, 6.45) is 0.235. The molecule has 118 valence electrons. The molecular formula is C18H15FO3S. The highest BCUT2D eigenvalue weighted by atomic mass is 32.2. The van der Waals surface area contributed by atoms with Gasteiger partial charge in [0.15, 0.2) is 11.6 Å². The molecule has 0 aromatic heterocycles. The van der Waals surface area contributed by atoms with E-state index in [1.807, 2.05) is 6.07 Å². The van der Waals surface area contributed by atoms with E-state index < -0.39 is 0 Å². The van der Waals surface area contributed by atoms with Gasteiger partial charge in [-0.1, -0.05) is 6.07 Å². The first kappa shape index (κ1) is 15.7. The van der Waals surface area contributed by atoms with Crippen molar-refractivity contribution in [1.29, 1.82) is 0 Å². The summed E-state index contributed by atoms with van der Waals surface area (Å²) in [6, 6.07) is 10.8. The second kappa shape index (κ2) is 6.96. The Morgan fingerprint density at radius 2 is 1.65 bits per heavy atom. The number of halogens is 1. The maximum absolute atomic E-state index is 12.8. The van der Waals surface area contributed by atoms with Crippen molar-refractivity contribution in [1.82, 2.24) is 0 Å². The van der Waals surface area contributed by atoms with Crippen molar-refractivity contribution < 1.29 is 18.7 Å². The Labute approximate surface area is 137 Å². The van der Waals surface area contributed by atoms with E-state index >= 15 is 0 Å². The van der Waals surface area contributed by atoms with Crippen LogP contribution in [0.4, 0.5) is 4.39 Å². The zero-order chi connectivity index (χ0) is 16.2. The fourth-order valence-electron chi connectivity index (χ4n) is 2.37. The number of carbonyl (C=O) groups is 2. The number of benzene rings is 2. The van der Waals surface area contributed by atoms with Gasteiger partial charge in [0, 0.05) is 34.6 Å². The lowest BCUT2D eigenvalue weighted by atomic mass is 10.0. The van der Waals surface area contributed by atoms with Crippen LogP contribution in [0.25, 0.3) is 0 Å². The quantitative estimate of drug-likeness (QED) is 0.772. The Hall–Kier alpha value is -2.14. The molecule has 0 aliphatic carbocycles. The Morgan fingerprint density at radius 3 is 2.39 bits per heavy atom. The lowest BCUT2D eigenvalue weighted by molar-refractivity contribution is 0.0917. The molecular weight excluding hydrogens is 315 g/mol. The van der Waals surface area contributed by atoms with Gasteiger partial charge in [-0.3, -0.25) is 9.59 Å². The predicted octanol–water partition coefficient (Wildman–Crippen LogP) is 4.16. The van der Waals surface area contributed by atoms with E-state index in [1.54, 1.807) is 23.9 Å². The van der Waals surface area contributed by atoms with E-state index in [0.717, 1.165) is 16.4 Å². The molecule has 0 unspecified atom stereocenters. The minimum Gasteiger partial charge on any atom is -0.492 e. The average Bonchev–Trinajstić information content (AvgIpc) is 2.59. The molecule has 0 bridgehead atoms. The minimum absolute atomic E-state index is 0.0950. The monoisotopic (exact) mass is 330 g/mol. The van der Waals surface area contributed by atoms with Gasteiger partial charge < -0.3 is 4.74 Å². The molecule has 1 heterocycles. The first-order chi connectivity index (χ1) is 11.1. The molecule has 2 aromatic rings. The van der Waals surface area contributed by atoms with E-state index in [2.05, 4.69) is 0 Å². The van der Waals surface area contributed by atoms with E-state index in [-0.39, 0.29) is 30.2 Å². The van der Waals surface area contributed by atoms with Crippen molar-refractivity contribution in [3.05, 3.63) is 59.4 Å². The van der Waals surface area contributed by atoms with E-state index in [0.29, 0.717) is 17.7 Å². The normalized spacial score (nSPS) is 13.1. The summed E-state index contributed by atoms with van der Waals surface area (Å²) in [4.78, 5) is 25.3. The smallest absolute Gasteiger partial charge is 0.163 e. The van der Waals surface area contributed by atoms with Crippen LogP contribution >= 0.6 is 11.8 Å². The minimum atomic E-state index is -0.385. The number of hydrogen-bond acceptors (Lipinski definition) is 4. The molecule has 1 aliphatic rings. The molecule has 3 rings (SSSR count). The highest BCUT2D eigenvalue weighted by Gasteiger charge is 2.15. The molecule has 2 aromatic carbocycles. The van der Waals surface area contributed by atoms with Crippen LogP contribution in [0.1, 0.15) is 33.6 Å². The Balaban J connectivity index is 1.63. The molecule has 0 N–H and O–H groups in total. The molecule has 0 spiro atoms. The average molecular weight is 330 g/mol. The zero-order valence-electron chi connectivity index (χ0n) is 12.4. The van der Waals surface area contributed by atoms with Gasteiger partial charge >= 0.3 is 0 Å². The van der Waals surface area contributed by atoms with E-state index in [9.17, 15) is 14.0 Å². The van der Waals surface area contributed by atoms with Gasteiger partial charge in [-0.2, -0.15) is 0 Å². The highest BCUT2D eigenvalue weighted by molar-refractivity contribution is 7.99. The largest absolute Gasteiger partial charge is 0.492 e. The number of ether oxygens (including phenoxy) is 1. The van der Waals surface area contributed by atoms with Gasteiger partial charge in [-0.15, -0.1) is 11.8 Å². The first-order valence-electron chi connectivity index (χ1n) is 7.35. The van der Waals surface area contributed by atoms with Crippen LogP contribution in [-0.4, -0.2) is 23.9 Å². The number of Topliss-reactive ketones (excluding diaryl/α,β-unsaturated/α-hetero) is 2. The van der Waals surface area contributed by atoms with Crippen molar-refractivity contribution >= 4 is 23.3 Å². The molecule has 0 fully saturated rings. The van der Waals surface area contributed by atoms with Gasteiger partial charge in [0.05, 0.1) is 6.61 Å². The molecule has 5 heteroatoms. The van der Waals surface area contributed by atoms with E-state index in [4.69, 9.17) is 4.74 Å². The summed E-state index contributed by atoms with van der Waals surface area (Å²) < 4.78 is 18.4. The van der Waals surface area contributed by atoms with Crippen LogP contribution in [0, 0.1) is 5.82 Å². The Bertz CT molecular complexity index is 740. The van der Waals surface area contributed by atoms with Crippen molar-refractivity contribution in [2.75, 3.05) is 12.4 Å². The van der Waals surface area contributed by atoms with Crippen LogP contribution in [-0.2, 0) is 0 Å². The Morgan fingerprint density at radius 1 is 1.00 bits per heavy atom. The topological polar surface area (TPSA) is 43.4 Å². The molecule has 0 saturated carbocycles. The third kappa shape index (κ3) is 3.79. The fourth-order valence-corrected chi connectivity index (χ4v) is 3.18. The summed E-state index contributed by atoms with van der Waals surface area (Å²) >= 11 is 1.70. The number of carbonyl (C=O) groups excluding carboxylic acids is 2. The van der Waals surface area contributed by atoms with Gasteiger partial charge in [-0.05, 0) is 36.4 Å². The predicted molar refractivity (Wildman–Crippen MR) is 87.0 cm³/mol. The maximum Gasteiger partial charge on any atom is 0.163 e. The van der Waals surface area contributed by atoms with Crippen LogP contribution in [0.3, 0.4) is 0 Å². The molecule has 0 atom stereocenters. The van der Waals surface area contributed by atoms with Crippen LogP contribution in [0.15, 0.2) is 47.4 Å². The summed E-state index contributed by atoms with van der Waals surface area (Å²) in [5.74, 6) is 0.999. The van der Waals surface area contributed by atoms with Crippen LogP contribution < -0.4 is 4.74 Å². The molecule has 0 radical (unpaired) electrons. The summed E-state index contributed by atoms with van der Waals surface area (Å²) in [7, 11) is 0. The number of thioether (sulfide) groups is 1. The van der Waals surface area contributed by atoms with Crippen LogP contribution in [0.2, 0.25) is 0 Å². The summed E-state index contributed by atoms with van der Waals surface area (Å²) in [5.41, 5.74) is 0.975. The summed E-state index contributed by atoms with van der Waals surface area (Å²) in [6.45, 7) is 0.637. The Kier molecular flexibility index (Phi) is 4.76. The van der Waals surface area contributed by atoms with Gasteiger partial charge in [0.25, 0.3) is 0 Å². The first-order valence-corrected chi connectivity index (χ1v) is 8.33. The molecule has 0 saturated heterocycles.